The summed E-state index contributed by atoms with van der Waals surface area (Å²) in [6.07, 6.45) is 3.53. The molecule has 3 rings (SSSR count). The third-order valence-corrected chi connectivity index (χ3v) is 4.09. The first-order chi connectivity index (χ1) is 11.6. The number of carbonyl (C=O) groups is 1. The summed E-state index contributed by atoms with van der Waals surface area (Å²) < 4.78 is 0. The van der Waals surface area contributed by atoms with Crippen molar-refractivity contribution in [1.29, 1.82) is 0 Å². The van der Waals surface area contributed by atoms with Gasteiger partial charge >= 0.3 is 0 Å². The number of rotatable bonds is 4. The van der Waals surface area contributed by atoms with Gasteiger partial charge in [0, 0.05) is 18.0 Å². The lowest BCUT2D eigenvalue weighted by atomic mass is 10.0. The number of hydrogen-bond acceptors (Lipinski definition) is 2. The smallest absolute Gasteiger partial charge is 0.251 e. The van der Waals surface area contributed by atoms with Crippen molar-refractivity contribution in [3.8, 4) is 11.1 Å². The molecule has 0 spiro atoms. The van der Waals surface area contributed by atoms with E-state index in [4.69, 9.17) is 0 Å². The molecule has 24 heavy (non-hydrogen) atoms. The Hall–Kier alpha value is -2.94. The third-order valence-electron chi connectivity index (χ3n) is 4.09. The lowest BCUT2D eigenvalue weighted by Gasteiger charge is -2.15. The standard InChI is InChI=1S/C21H20N2O/c1-15-3-5-17(6-4-15)16(2)23-21(24)20-9-7-18(8-10-20)19-11-13-22-14-12-19/h3-14,16H,1-2H3,(H,23,24)/t16-/m1/s1. The van der Waals surface area contributed by atoms with E-state index in [1.54, 1.807) is 12.4 Å². The van der Waals surface area contributed by atoms with Crippen molar-refractivity contribution in [3.63, 3.8) is 0 Å². The first kappa shape index (κ1) is 15.9. The Labute approximate surface area is 142 Å². The van der Waals surface area contributed by atoms with Crippen LogP contribution in [-0.2, 0) is 0 Å². The molecule has 0 aliphatic rings. The van der Waals surface area contributed by atoms with E-state index in [2.05, 4.69) is 29.4 Å². The van der Waals surface area contributed by atoms with E-state index < -0.39 is 0 Å². The first-order valence-corrected chi connectivity index (χ1v) is 8.01. The Kier molecular flexibility index (Phi) is 4.71. The number of aromatic nitrogens is 1. The number of pyridine rings is 1. The monoisotopic (exact) mass is 316 g/mol. The van der Waals surface area contributed by atoms with Gasteiger partial charge in [0.15, 0.2) is 0 Å². The number of nitrogens with zero attached hydrogens (tertiary/aromatic N) is 1. The van der Waals surface area contributed by atoms with Crippen LogP contribution < -0.4 is 5.32 Å². The predicted molar refractivity (Wildman–Crippen MR) is 96.7 cm³/mol. The molecule has 3 heteroatoms. The summed E-state index contributed by atoms with van der Waals surface area (Å²) in [5, 5.41) is 3.04. The lowest BCUT2D eigenvalue weighted by molar-refractivity contribution is 0.0940. The lowest BCUT2D eigenvalue weighted by Crippen LogP contribution is -2.26. The maximum atomic E-state index is 12.4. The zero-order valence-electron chi connectivity index (χ0n) is 13.9. The fourth-order valence-electron chi connectivity index (χ4n) is 2.58. The molecular formula is C21H20N2O. The highest BCUT2D eigenvalue weighted by Gasteiger charge is 2.11. The molecule has 3 nitrogen and oxygen atoms in total. The highest BCUT2D eigenvalue weighted by Crippen LogP contribution is 2.19. The van der Waals surface area contributed by atoms with Crippen LogP contribution in [0.3, 0.4) is 0 Å². The van der Waals surface area contributed by atoms with Crippen LogP contribution in [0, 0.1) is 6.92 Å². The second-order valence-electron chi connectivity index (χ2n) is 5.92. The molecule has 0 radical (unpaired) electrons. The summed E-state index contributed by atoms with van der Waals surface area (Å²) in [4.78, 5) is 16.4. The molecule has 0 aliphatic carbocycles. The molecule has 0 bridgehead atoms. The van der Waals surface area contributed by atoms with Gasteiger partial charge in [-0.1, -0.05) is 42.0 Å². The zero-order valence-corrected chi connectivity index (χ0v) is 13.9. The van der Waals surface area contributed by atoms with E-state index in [1.807, 2.05) is 55.5 Å². The SMILES string of the molecule is Cc1ccc([C@@H](C)NC(=O)c2ccc(-c3ccncc3)cc2)cc1. The minimum atomic E-state index is -0.0654. The van der Waals surface area contributed by atoms with Crippen LogP contribution in [0.5, 0.6) is 0 Å². The molecule has 0 unspecified atom stereocenters. The van der Waals surface area contributed by atoms with Crippen LogP contribution in [0.2, 0.25) is 0 Å². The van der Waals surface area contributed by atoms with Crippen molar-refractivity contribution in [2.24, 2.45) is 0 Å². The van der Waals surface area contributed by atoms with Crippen LogP contribution in [0.1, 0.15) is 34.5 Å². The Bertz CT molecular complexity index is 809. The van der Waals surface area contributed by atoms with Crippen molar-refractivity contribution in [2.75, 3.05) is 0 Å². The van der Waals surface area contributed by atoms with Gasteiger partial charge in [0.2, 0.25) is 0 Å². The molecule has 0 saturated carbocycles. The molecule has 0 aliphatic heterocycles. The Morgan fingerprint density at radius 1 is 0.875 bits per heavy atom. The fraction of sp³-hybridized carbons (Fsp3) is 0.143. The van der Waals surface area contributed by atoms with Crippen molar-refractivity contribution in [1.82, 2.24) is 10.3 Å². The maximum Gasteiger partial charge on any atom is 0.251 e. The van der Waals surface area contributed by atoms with Gasteiger partial charge in [0.1, 0.15) is 0 Å². The van der Waals surface area contributed by atoms with Crippen LogP contribution in [0.25, 0.3) is 11.1 Å². The Morgan fingerprint density at radius 3 is 2.08 bits per heavy atom. The van der Waals surface area contributed by atoms with E-state index in [0.717, 1.165) is 16.7 Å². The van der Waals surface area contributed by atoms with Crippen LogP contribution in [0.4, 0.5) is 0 Å². The predicted octanol–water partition coefficient (Wildman–Crippen LogP) is 4.55. The molecule has 0 saturated heterocycles. The molecule has 0 fully saturated rings. The van der Waals surface area contributed by atoms with Crippen LogP contribution in [0.15, 0.2) is 73.1 Å². The molecule has 120 valence electrons. The summed E-state index contributed by atoms with van der Waals surface area (Å²) in [6, 6.07) is 19.7. The van der Waals surface area contributed by atoms with Gasteiger partial charge < -0.3 is 5.32 Å². The first-order valence-electron chi connectivity index (χ1n) is 8.01. The molecular weight excluding hydrogens is 296 g/mol. The van der Waals surface area contributed by atoms with E-state index >= 15 is 0 Å². The summed E-state index contributed by atoms with van der Waals surface area (Å²) >= 11 is 0. The van der Waals surface area contributed by atoms with E-state index in [9.17, 15) is 4.79 Å². The van der Waals surface area contributed by atoms with Crippen molar-refractivity contribution in [2.45, 2.75) is 19.9 Å². The number of hydrogen-bond donors (Lipinski definition) is 1. The normalized spacial score (nSPS) is 11.8. The van der Waals surface area contributed by atoms with Gasteiger partial charge in [-0.2, -0.15) is 0 Å². The quantitative estimate of drug-likeness (QED) is 0.767. The van der Waals surface area contributed by atoms with E-state index in [0.29, 0.717) is 5.56 Å². The molecule has 1 amide bonds. The summed E-state index contributed by atoms with van der Waals surface area (Å²) in [7, 11) is 0. The number of amides is 1. The van der Waals surface area contributed by atoms with E-state index in [1.165, 1.54) is 5.56 Å². The highest BCUT2D eigenvalue weighted by molar-refractivity contribution is 5.94. The molecule has 2 aromatic carbocycles. The molecule has 1 atom stereocenters. The number of aryl methyl sites for hydroxylation is 1. The van der Waals surface area contributed by atoms with Gasteiger partial charge in [0.05, 0.1) is 6.04 Å². The van der Waals surface area contributed by atoms with Gasteiger partial charge in [-0.05, 0) is 54.8 Å². The molecule has 3 aromatic rings. The van der Waals surface area contributed by atoms with Gasteiger partial charge in [-0.3, -0.25) is 9.78 Å². The largest absolute Gasteiger partial charge is 0.346 e. The topological polar surface area (TPSA) is 42.0 Å². The second-order valence-corrected chi connectivity index (χ2v) is 5.92. The fourth-order valence-corrected chi connectivity index (χ4v) is 2.58. The van der Waals surface area contributed by atoms with Crippen molar-refractivity contribution < 1.29 is 4.79 Å². The third kappa shape index (κ3) is 3.69. The van der Waals surface area contributed by atoms with E-state index in [-0.39, 0.29) is 11.9 Å². The minimum Gasteiger partial charge on any atom is -0.346 e. The average Bonchev–Trinajstić information content (AvgIpc) is 2.63. The Balaban J connectivity index is 1.70. The van der Waals surface area contributed by atoms with Crippen molar-refractivity contribution in [3.05, 3.63) is 89.7 Å². The molecule has 1 N–H and O–H groups in total. The molecule has 1 heterocycles. The van der Waals surface area contributed by atoms with Gasteiger partial charge in [-0.15, -0.1) is 0 Å². The number of carbonyl (C=O) groups excluding carboxylic acids is 1. The van der Waals surface area contributed by atoms with Gasteiger partial charge in [0.25, 0.3) is 5.91 Å². The summed E-state index contributed by atoms with van der Waals surface area (Å²) in [5.41, 5.74) is 5.13. The van der Waals surface area contributed by atoms with Gasteiger partial charge in [-0.25, -0.2) is 0 Å². The minimum absolute atomic E-state index is 0.0297. The highest BCUT2D eigenvalue weighted by atomic mass is 16.1. The van der Waals surface area contributed by atoms with Crippen molar-refractivity contribution >= 4 is 5.91 Å². The maximum absolute atomic E-state index is 12.4. The number of nitrogens with one attached hydrogen (secondary N) is 1. The number of benzene rings is 2. The summed E-state index contributed by atoms with van der Waals surface area (Å²) in [5.74, 6) is -0.0654. The Morgan fingerprint density at radius 2 is 1.46 bits per heavy atom. The zero-order chi connectivity index (χ0) is 16.9. The molecule has 1 aromatic heterocycles. The average molecular weight is 316 g/mol. The van der Waals surface area contributed by atoms with Crippen LogP contribution >= 0.6 is 0 Å². The van der Waals surface area contributed by atoms with Crippen LogP contribution in [-0.4, -0.2) is 10.9 Å². The summed E-state index contributed by atoms with van der Waals surface area (Å²) in [6.45, 7) is 4.05. The second kappa shape index (κ2) is 7.09.